The Balaban J connectivity index is 2.06. The van der Waals surface area contributed by atoms with Crippen LogP contribution in [0.4, 0.5) is 5.82 Å². The summed E-state index contributed by atoms with van der Waals surface area (Å²) in [6, 6.07) is 0. The summed E-state index contributed by atoms with van der Waals surface area (Å²) >= 11 is 1.48. The number of hydrogen-bond acceptors (Lipinski definition) is 5. The number of piperidine rings is 1. The van der Waals surface area contributed by atoms with Crippen molar-refractivity contribution in [2.45, 2.75) is 46.5 Å². The minimum absolute atomic E-state index is 0.00889. The van der Waals surface area contributed by atoms with Gasteiger partial charge < -0.3 is 10.2 Å². The zero-order valence-electron chi connectivity index (χ0n) is 14.1. The summed E-state index contributed by atoms with van der Waals surface area (Å²) in [6.07, 6.45) is 4.64. The van der Waals surface area contributed by atoms with Crippen LogP contribution >= 0.6 is 11.3 Å². The number of thiophene rings is 1. The van der Waals surface area contributed by atoms with E-state index in [-0.39, 0.29) is 5.91 Å². The fourth-order valence-corrected chi connectivity index (χ4v) is 4.23. The first kappa shape index (κ1) is 16.2. The van der Waals surface area contributed by atoms with Crippen LogP contribution in [0, 0.1) is 13.8 Å². The minimum Gasteiger partial charge on any atom is -0.356 e. The first-order chi connectivity index (χ1) is 11.1. The maximum atomic E-state index is 12.4. The van der Waals surface area contributed by atoms with Crippen molar-refractivity contribution in [3.05, 3.63) is 16.3 Å². The highest BCUT2D eigenvalue weighted by Gasteiger charge is 2.23. The van der Waals surface area contributed by atoms with Gasteiger partial charge in [-0.05, 0) is 45.1 Å². The summed E-state index contributed by atoms with van der Waals surface area (Å²) in [5.41, 5.74) is 1.01. The third-order valence-corrected chi connectivity index (χ3v) is 5.46. The molecule has 2 aromatic heterocycles. The molecular weight excluding hydrogens is 308 g/mol. The van der Waals surface area contributed by atoms with E-state index in [9.17, 15) is 4.79 Å². The average Bonchev–Trinajstić information content (AvgIpc) is 2.89. The maximum Gasteiger partial charge on any atom is 0.261 e. The van der Waals surface area contributed by atoms with Crippen LogP contribution in [0.3, 0.4) is 0 Å². The zero-order chi connectivity index (χ0) is 16.4. The summed E-state index contributed by atoms with van der Waals surface area (Å²) in [7, 11) is 0. The number of nitrogens with zero attached hydrogens (tertiary/aromatic N) is 3. The second kappa shape index (κ2) is 6.83. The molecular formula is C17H24N4OS. The lowest BCUT2D eigenvalue weighted by Gasteiger charge is -2.28. The Morgan fingerprint density at radius 1 is 1.22 bits per heavy atom. The van der Waals surface area contributed by atoms with Gasteiger partial charge in [0, 0.05) is 19.6 Å². The van der Waals surface area contributed by atoms with Crippen molar-refractivity contribution in [3.8, 4) is 0 Å². The fraction of sp³-hybridized carbons (Fsp3) is 0.588. The molecule has 5 nitrogen and oxygen atoms in total. The number of amides is 1. The molecule has 0 spiro atoms. The van der Waals surface area contributed by atoms with Crippen molar-refractivity contribution in [2.24, 2.45) is 0 Å². The van der Waals surface area contributed by atoms with Crippen LogP contribution in [-0.2, 0) is 0 Å². The monoisotopic (exact) mass is 332 g/mol. The van der Waals surface area contributed by atoms with Crippen molar-refractivity contribution in [2.75, 3.05) is 24.5 Å². The molecule has 6 heteroatoms. The maximum absolute atomic E-state index is 12.4. The van der Waals surface area contributed by atoms with E-state index in [4.69, 9.17) is 4.98 Å². The Hall–Kier alpha value is -1.69. The van der Waals surface area contributed by atoms with Crippen LogP contribution in [-0.4, -0.2) is 35.5 Å². The fourth-order valence-electron chi connectivity index (χ4n) is 3.09. The van der Waals surface area contributed by atoms with Crippen LogP contribution in [0.1, 0.15) is 53.7 Å². The molecule has 0 radical (unpaired) electrons. The second-order valence-corrected chi connectivity index (χ2v) is 7.13. The van der Waals surface area contributed by atoms with Gasteiger partial charge in [-0.3, -0.25) is 4.79 Å². The zero-order valence-corrected chi connectivity index (χ0v) is 14.9. The van der Waals surface area contributed by atoms with Gasteiger partial charge in [0.2, 0.25) is 0 Å². The van der Waals surface area contributed by atoms with E-state index in [2.05, 4.69) is 22.1 Å². The van der Waals surface area contributed by atoms with Gasteiger partial charge in [-0.15, -0.1) is 11.3 Å². The van der Waals surface area contributed by atoms with Gasteiger partial charge >= 0.3 is 0 Å². The van der Waals surface area contributed by atoms with E-state index in [0.717, 1.165) is 51.8 Å². The Kier molecular flexibility index (Phi) is 4.80. The van der Waals surface area contributed by atoms with Crippen LogP contribution in [0.2, 0.25) is 0 Å². The number of aryl methyl sites for hydroxylation is 2. The number of anilines is 1. The molecule has 2 aromatic rings. The Morgan fingerprint density at radius 3 is 2.65 bits per heavy atom. The molecule has 0 aliphatic carbocycles. The molecule has 0 saturated carbocycles. The summed E-state index contributed by atoms with van der Waals surface area (Å²) in [6.45, 7) is 8.79. The van der Waals surface area contributed by atoms with Gasteiger partial charge in [-0.25, -0.2) is 9.97 Å². The van der Waals surface area contributed by atoms with Crippen molar-refractivity contribution in [1.29, 1.82) is 0 Å². The van der Waals surface area contributed by atoms with E-state index < -0.39 is 0 Å². The van der Waals surface area contributed by atoms with Crippen LogP contribution in [0.15, 0.2) is 0 Å². The number of rotatable bonds is 4. The number of carbonyl (C=O) groups is 1. The molecule has 1 N–H and O–H groups in total. The lowest BCUT2D eigenvalue weighted by Crippen LogP contribution is -2.30. The van der Waals surface area contributed by atoms with Crippen LogP contribution < -0.4 is 10.2 Å². The van der Waals surface area contributed by atoms with E-state index in [0.29, 0.717) is 6.54 Å². The molecule has 1 aliphatic heterocycles. The van der Waals surface area contributed by atoms with Gasteiger partial charge in [-0.2, -0.15) is 0 Å². The lowest BCUT2D eigenvalue weighted by atomic mass is 10.1. The number of aromatic nitrogens is 2. The molecule has 23 heavy (non-hydrogen) atoms. The highest BCUT2D eigenvalue weighted by Crippen LogP contribution is 2.36. The molecule has 3 heterocycles. The van der Waals surface area contributed by atoms with E-state index >= 15 is 0 Å². The number of nitrogens with one attached hydrogen (secondary N) is 1. The highest BCUT2D eigenvalue weighted by atomic mass is 32.1. The second-order valence-electron chi connectivity index (χ2n) is 6.13. The molecule has 3 rings (SSSR count). The normalized spacial score (nSPS) is 15.2. The predicted octanol–water partition coefficient (Wildman–Crippen LogP) is 3.44. The molecule has 0 aromatic carbocycles. The van der Waals surface area contributed by atoms with Gasteiger partial charge in [0.15, 0.2) is 0 Å². The summed E-state index contributed by atoms with van der Waals surface area (Å²) in [5, 5.41) is 4.03. The van der Waals surface area contributed by atoms with Crippen LogP contribution in [0.5, 0.6) is 0 Å². The van der Waals surface area contributed by atoms with Crippen LogP contribution in [0.25, 0.3) is 10.2 Å². The quantitative estimate of drug-likeness (QED) is 0.932. The van der Waals surface area contributed by atoms with Crippen molar-refractivity contribution < 1.29 is 4.79 Å². The molecule has 1 saturated heterocycles. The van der Waals surface area contributed by atoms with Gasteiger partial charge in [-0.1, -0.05) is 6.92 Å². The SMILES string of the molecule is CCCNC(=O)c1sc2nc(C)nc(N3CCCCC3)c2c1C. The third-order valence-electron chi connectivity index (χ3n) is 4.28. The third kappa shape index (κ3) is 3.17. The van der Waals surface area contributed by atoms with Gasteiger partial charge in [0.1, 0.15) is 16.5 Å². The average molecular weight is 332 g/mol. The minimum atomic E-state index is 0.00889. The Bertz CT molecular complexity index is 719. The lowest BCUT2D eigenvalue weighted by molar-refractivity contribution is 0.0957. The summed E-state index contributed by atoms with van der Waals surface area (Å²) in [4.78, 5) is 25.7. The van der Waals surface area contributed by atoms with E-state index in [1.807, 2.05) is 13.8 Å². The van der Waals surface area contributed by atoms with Crippen molar-refractivity contribution in [3.63, 3.8) is 0 Å². The van der Waals surface area contributed by atoms with Gasteiger partial charge in [0.25, 0.3) is 5.91 Å². The number of fused-ring (bicyclic) bond motifs is 1. The smallest absolute Gasteiger partial charge is 0.261 e. The first-order valence-corrected chi connectivity index (χ1v) is 9.24. The topological polar surface area (TPSA) is 58.1 Å². The molecule has 0 bridgehead atoms. The van der Waals surface area contributed by atoms with Crippen molar-refractivity contribution in [1.82, 2.24) is 15.3 Å². The Morgan fingerprint density at radius 2 is 1.96 bits per heavy atom. The first-order valence-electron chi connectivity index (χ1n) is 8.42. The van der Waals surface area contributed by atoms with Gasteiger partial charge in [0.05, 0.1) is 10.3 Å². The molecule has 124 valence electrons. The number of hydrogen-bond donors (Lipinski definition) is 1. The largest absolute Gasteiger partial charge is 0.356 e. The standard InChI is InChI=1S/C17H24N4OS/c1-4-8-18-16(22)14-11(2)13-15(21-9-6-5-7-10-21)19-12(3)20-17(13)23-14/h4-10H2,1-3H3,(H,18,22). The van der Waals surface area contributed by atoms with Crippen molar-refractivity contribution >= 4 is 33.3 Å². The molecule has 0 unspecified atom stereocenters. The highest BCUT2D eigenvalue weighted by molar-refractivity contribution is 7.20. The molecule has 1 fully saturated rings. The Labute approximate surface area is 141 Å². The molecule has 0 atom stereocenters. The number of carbonyl (C=O) groups excluding carboxylic acids is 1. The van der Waals surface area contributed by atoms with E-state index in [1.165, 1.54) is 30.6 Å². The summed E-state index contributed by atoms with van der Waals surface area (Å²) < 4.78 is 0. The molecule has 1 aliphatic rings. The van der Waals surface area contributed by atoms with E-state index in [1.54, 1.807) is 0 Å². The summed E-state index contributed by atoms with van der Waals surface area (Å²) in [5.74, 6) is 1.80. The molecule has 1 amide bonds. The predicted molar refractivity (Wildman–Crippen MR) is 95.6 cm³/mol.